The predicted octanol–water partition coefficient (Wildman–Crippen LogP) is 2.26. The Bertz CT molecular complexity index is 422. The summed E-state index contributed by atoms with van der Waals surface area (Å²) in [5.41, 5.74) is 7.55. The molecule has 4 heteroatoms. The number of nitrogens with one attached hydrogen (secondary N) is 1. The third-order valence-electron chi connectivity index (χ3n) is 1.73. The molecule has 0 spiro atoms. The molecular formula is C9H8IN3. The maximum absolute atomic E-state index is 5.49. The van der Waals surface area contributed by atoms with Crippen LogP contribution in [0.25, 0.3) is 11.3 Å². The topological polar surface area (TPSA) is 54.7 Å². The smallest absolute Gasteiger partial charge is 0.197 e. The minimum atomic E-state index is 0.453. The SMILES string of the molecule is Nc1ncc(-c2cccc(I)c2)[nH]1. The van der Waals surface area contributed by atoms with Gasteiger partial charge in [0.15, 0.2) is 5.95 Å². The molecule has 0 radical (unpaired) electrons. The molecule has 3 N–H and O–H groups in total. The van der Waals surface area contributed by atoms with Crippen LogP contribution in [0.2, 0.25) is 0 Å². The van der Waals surface area contributed by atoms with Crippen LogP contribution in [-0.2, 0) is 0 Å². The number of nitrogens with two attached hydrogens (primary N) is 1. The molecule has 0 unspecified atom stereocenters. The summed E-state index contributed by atoms with van der Waals surface area (Å²) in [6, 6.07) is 8.15. The number of hydrogen-bond donors (Lipinski definition) is 2. The number of aromatic amines is 1. The first-order valence-corrected chi connectivity index (χ1v) is 4.90. The molecule has 0 saturated heterocycles. The van der Waals surface area contributed by atoms with Crippen molar-refractivity contribution in [3.05, 3.63) is 34.0 Å². The van der Waals surface area contributed by atoms with Gasteiger partial charge in [-0.05, 0) is 34.7 Å². The van der Waals surface area contributed by atoms with Crippen LogP contribution in [0.15, 0.2) is 30.5 Å². The molecule has 1 heterocycles. The van der Waals surface area contributed by atoms with Crippen molar-refractivity contribution < 1.29 is 0 Å². The second-order valence-corrected chi connectivity index (χ2v) is 3.94. The lowest BCUT2D eigenvalue weighted by atomic mass is 10.2. The number of aromatic nitrogens is 2. The van der Waals surface area contributed by atoms with E-state index < -0.39 is 0 Å². The van der Waals surface area contributed by atoms with Crippen molar-refractivity contribution in [1.82, 2.24) is 9.97 Å². The number of benzene rings is 1. The lowest BCUT2D eigenvalue weighted by molar-refractivity contribution is 1.32. The Kier molecular flexibility index (Phi) is 2.22. The van der Waals surface area contributed by atoms with Crippen molar-refractivity contribution in [3.8, 4) is 11.3 Å². The van der Waals surface area contributed by atoms with Crippen molar-refractivity contribution >= 4 is 28.5 Å². The van der Waals surface area contributed by atoms with Crippen LogP contribution in [0.4, 0.5) is 5.95 Å². The quantitative estimate of drug-likeness (QED) is 0.790. The average Bonchev–Trinajstić information content (AvgIpc) is 2.52. The molecular weight excluding hydrogens is 277 g/mol. The van der Waals surface area contributed by atoms with Gasteiger partial charge < -0.3 is 10.7 Å². The fourth-order valence-corrected chi connectivity index (χ4v) is 1.68. The molecule has 1 aromatic carbocycles. The van der Waals surface area contributed by atoms with Gasteiger partial charge in [-0.3, -0.25) is 0 Å². The lowest BCUT2D eigenvalue weighted by Gasteiger charge is -1.96. The Labute approximate surface area is 89.5 Å². The van der Waals surface area contributed by atoms with Crippen molar-refractivity contribution in [2.24, 2.45) is 0 Å². The van der Waals surface area contributed by atoms with E-state index in [0.29, 0.717) is 5.95 Å². The maximum Gasteiger partial charge on any atom is 0.197 e. The molecule has 0 aliphatic heterocycles. The zero-order chi connectivity index (χ0) is 9.26. The standard InChI is InChI=1S/C9H8IN3/c10-7-3-1-2-6(4-7)8-5-12-9(11)13-8/h1-5H,(H3,11,12,13). The summed E-state index contributed by atoms with van der Waals surface area (Å²) in [5, 5.41) is 0. The summed E-state index contributed by atoms with van der Waals surface area (Å²) in [6.07, 6.45) is 1.74. The second-order valence-electron chi connectivity index (χ2n) is 2.69. The summed E-state index contributed by atoms with van der Waals surface area (Å²) in [6.45, 7) is 0. The molecule has 0 aliphatic rings. The van der Waals surface area contributed by atoms with Crippen LogP contribution >= 0.6 is 22.6 Å². The number of anilines is 1. The van der Waals surface area contributed by atoms with Crippen molar-refractivity contribution in [2.45, 2.75) is 0 Å². The summed E-state index contributed by atoms with van der Waals surface area (Å²) in [4.78, 5) is 6.93. The molecule has 0 fully saturated rings. The Morgan fingerprint density at radius 3 is 2.85 bits per heavy atom. The average molecular weight is 285 g/mol. The first kappa shape index (κ1) is 8.55. The van der Waals surface area contributed by atoms with Crippen LogP contribution in [0.3, 0.4) is 0 Å². The van der Waals surface area contributed by atoms with E-state index in [1.165, 1.54) is 3.57 Å². The van der Waals surface area contributed by atoms with E-state index in [0.717, 1.165) is 11.3 Å². The third-order valence-corrected chi connectivity index (χ3v) is 2.40. The summed E-state index contributed by atoms with van der Waals surface area (Å²) in [5.74, 6) is 0.453. The number of nitrogens with zero attached hydrogens (tertiary/aromatic N) is 1. The number of rotatable bonds is 1. The second kappa shape index (κ2) is 3.37. The highest BCUT2D eigenvalue weighted by molar-refractivity contribution is 14.1. The van der Waals surface area contributed by atoms with Crippen molar-refractivity contribution in [2.75, 3.05) is 5.73 Å². The zero-order valence-electron chi connectivity index (χ0n) is 6.79. The van der Waals surface area contributed by atoms with Crippen LogP contribution < -0.4 is 5.73 Å². The minimum absolute atomic E-state index is 0.453. The summed E-state index contributed by atoms with van der Waals surface area (Å²) in [7, 11) is 0. The summed E-state index contributed by atoms with van der Waals surface area (Å²) >= 11 is 2.27. The van der Waals surface area contributed by atoms with Gasteiger partial charge in [0.2, 0.25) is 0 Å². The molecule has 3 nitrogen and oxygen atoms in total. The zero-order valence-corrected chi connectivity index (χ0v) is 8.95. The van der Waals surface area contributed by atoms with Gasteiger partial charge in [-0.15, -0.1) is 0 Å². The van der Waals surface area contributed by atoms with E-state index in [4.69, 9.17) is 5.73 Å². The van der Waals surface area contributed by atoms with E-state index >= 15 is 0 Å². The highest BCUT2D eigenvalue weighted by atomic mass is 127. The Balaban J connectivity index is 2.46. The van der Waals surface area contributed by atoms with Crippen molar-refractivity contribution in [3.63, 3.8) is 0 Å². The van der Waals surface area contributed by atoms with E-state index in [1.807, 2.05) is 18.2 Å². The van der Waals surface area contributed by atoms with E-state index in [9.17, 15) is 0 Å². The van der Waals surface area contributed by atoms with E-state index in [-0.39, 0.29) is 0 Å². The molecule has 66 valence electrons. The van der Waals surface area contributed by atoms with Crippen LogP contribution in [-0.4, -0.2) is 9.97 Å². The molecule has 1 aromatic heterocycles. The number of halogens is 1. The first-order chi connectivity index (χ1) is 6.25. The number of H-pyrrole nitrogens is 1. The summed E-state index contributed by atoms with van der Waals surface area (Å²) < 4.78 is 1.20. The minimum Gasteiger partial charge on any atom is -0.369 e. The monoisotopic (exact) mass is 285 g/mol. The highest BCUT2D eigenvalue weighted by Gasteiger charge is 2.00. The van der Waals surface area contributed by atoms with E-state index in [1.54, 1.807) is 6.20 Å². The molecule has 13 heavy (non-hydrogen) atoms. The van der Waals surface area contributed by atoms with Gasteiger partial charge in [-0.2, -0.15) is 0 Å². The van der Waals surface area contributed by atoms with Crippen LogP contribution in [0.1, 0.15) is 0 Å². The van der Waals surface area contributed by atoms with Gasteiger partial charge in [0, 0.05) is 9.13 Å². The Morgan fingerprint density at radius 1 is 1.38 bits per heavy atom. The number of nitrogen functional groups attached to an aromatic ring is 1. The van der Waals surface area contributed by atoms with Gasteiger partial charge in [-0.25, -0.2) is 4.98 Å². The fourth-order valence-electron chi connectivity index (χ4n) is 1.14. The van der Waals surface area contributed by atoms with Crippen molar-refractivity contribution in [1.29, 1.82) is 0 Å². The molecule has 0 bridgehead atoms. The van der Waals surface area contributed by atoms with Gasteiger partial charge in [-0.1, -0.05) is 12.1 Å². The van der Waals surface area contributed by atoms with Gasteiger partial charge in [0.25, 0.3) is 0 Å². The van der Waals surface area contributed by atoms with Gasteiger partial charge in [0.1, 0.15) is 0 Å². The first-order valence-electron chi connectivity index (χ1n) is 3.82. The Hall–Kier alpha value is -1.04. The van der Waals surface area contributed by atoms with Crippen LogP contribution in [0.5, 0.6) is 0 Å². The number of hydrogen-bond acceptors (Lipinski definition) is 2. The van der Waals surface area contributed by atoms with Gasteiger partial charge in [0.05, 0.1) is 11.9 Å². The number of imidazole rings is 1. The van der Waals surface area contributed by atoms with Gasteiger partial charge >= 0.3 is 0 Å². The Morgan fingerprint density at radius 2 is 2.23 bits per heavy atom. The molecule has 0 amide bonds. The molecule has 0 aliphatic carbocycles. The maximum atomic E-state index is 5.49. The lowest BCUT2D eigenvalue weighted by Crippen LogP contribution is -1.85. The molecule has 2 aromatic rings. The van der Waals surface area contributed by atoms with E-state index in [2.05, 4.69) is 38.6 Å². The normalized spacial score (nSPS) is 10.2. The van der Waals surface area contributed by atoms with Crippen LogP contribution in [0, 0.1) is 3.57 Å². The molecule has 2 rings (SSSR count). The fraction of sp³-hybridized carbons (Fsp3) is 0. The largest absolute Gasteiger partial charge is 0.369 e. The highest BCUT2D eigenvalue weighted by Crippen LogP contribution is 2.19. The third kappa shape index (κ3) is 1.82. The molecule has 0 atom stereocenters. The predicted molar refractivity (Wildman–Crippen MR) is 61.2 cm³/mol. The molecule has 0 saturated carbocycles.